The summed E-state index contributed by atoms with van der Waals surface area (Å²) in [6.45, 7) is 8.87. The Morgan fingerprint density at radius 2 is 1.79 bits per heavy atom. The van der Waals surface area contributed by atoms with Gasteiger partial charge in [0.1, 0.15) is 6.61 Å². The van der Waals surface area contributed by atoms with Crippen molar-refractivity contribution in [2.75, 3.05) is 31.6 Å². The molecule has 1 N–H and O–H groups in total. The van der Waals surface area contributed by atoms with Crippen LogP contribution in [0.3, 0.4) is 0 Å². The summed E-state index contributed by atoms with van der Waals surface area (Å²) in [4.78, 5) is 6.86. The number of piperidine rings is 1. The molecule has 0 bridgehead atoms. The number of para-hydroxylation sites is 1. The van der Waals surface area contributed by atoms with Gasteiger partial charge in [-0.05, 0) is 60.8 Å². The third kappa shape index (κ3) is 4.30. The Balaban J connectivity index is 0.00000111. The van der Waals surface area contributed by atoms with E-state index in [4.69, 9.17) is 9.47 Å². The average molecular weight is 444 g/mol. The monoisotopic (exact) mass is 443 g/mol. The molecule has 4 heterocycles. The van der Waals surface area contributed by atoms with Crippen molar-refractivity contribution in [3.8, 4) is 11.6 Å². The molecule has 0 radical (unpaired) electrons. The number of ether oxygens (including phenoxy) is 2. The van der Waals surface area contributed by atoms with Crippen molar-refractivity contribution in [3.05, 3.63) is 83.6 Å². The summed E-state index contributed by atoms with van der Waals surface area (Å²) in [6.07, 6.45) is 4.06. The minimum absolute atomic E-state index is 0.110. The number of fused-ring (bicyclic) bond motifs is 3. The molecule has 5 heteroatoms. The van der Waals surface area contributed by atoms with Crippen LogP contribution in [-0.4, -0.2) is 36.1 Å². The van der Waals surface area contributed by atoms with E-state index < -0.39 is 0 Å². The molecule has 1 unspecified atom stereocenters. The number of nitrogens with one attached hydrogen (secondary N) is 1. The van der Waals surface area contributed by atoms with Gasteiger partial charge in [0.2, 0.25) is 0 Å². The van der Waals surface area contributed by atoms with Crippen LogP contribution in [0.25, 0.3) is 0 Å². The van der Waals surface area contributed by atoms with Crippen molar-refractivity contribution in [1.82, 2.24) is 9.88 Å². The molecule has 1 saturated heterocycles. The van der Waals surface area contributed by atoms with Gasteiger partial charge in [-0.2, -0.15) is 0 Å². The van der Waals surface area contributed by atoms with Gasteiger partial charge in [0, 0.05) is 30.4 Å². The van der Waals surface area contributed by atoms with Crippen molar-refractivity contribution < 1.29 is 9.47 Å². The molecule has 1 spiro atoms. The molecule has 0 aliphatic carbocycles. The number of likely N-dealkylation sites (tertiary alicyclic amines) is 1. The second kappa shape index (κ2) is 9.44. The van der Waals surface area contributed by atoms with Crippen LogP contribution in [0.1, 0.15) is 49.5 Å². The van der Waals surface area contributed by atoms with Crippen LogP contribution in [0.2, 0.25) is 0 Å². The summed E-state index contributed by atoms with van der Waals surface area (Å²) in [6, 6.07) is 21.4. The Bertz CT molecular complexity index is 1070. The van der Waals surface area contributed by atoms with Gasteiger partial charge in [-0.25, -0.2) is 4.98 Å². The minimum Gasteiger partial charge on any atom is -0.484 e. The van der Waals surface area contributed by atoms with E-state index in [1.165, 1.54) is 29.7 Å². The number of anilines is 1. The molecular weight excluding hydrogens is 410 g/mol. The molecule has 5 nitrogen and oxygen atoms in total. The van der Waals surface area contributed by atoms with Crippen molar-refractivity contribution in [2.45, 2.75) is 44.8 Å². The van der Waals surface area contributed by atoms with Gasteiger partial charge in [-0.15, -0.1) is 0 Å². The number of hydrogen-bond acceptors (Lipinski definition) is 5. The van der Waals surface area contributed by atoms with Crippen molar-refractivity contribution in [1.29, 1.82) is 0 Å². The van der Waals surface area contributed by atoms with Gasteiger partial charge in [0.05, 0.1) is 0 Å². The fourth-order valence-electron chi connectivity index (χ4n) is 5.21. The van der Waals surface area contributed by atoms with E-state index in [0.717, 1.165) is 37.5 Å². The average Bonchev–Trinajstić information content (AvgIpc) is 3.25. The Morgan fingerprint density at radius 1 is 1.00 bits per heavy atom. The van der Waals surface area contributed by atoms with Crippen molar-refractivity contribution in [2.24, 2.45) is 0 Å². The quantitative estimate of drug-likeness (QED) is 0.573. The Hall–Kier alpha value is -3.05. The summed E-state index contributed by atoms with van der Waals surface area (Å²) in [5.41, 5.74) is 5.65. The lowest BCUT2D eigenvalue weighted by Crippen LogP contribution is -2.43. The van der Waals surface area contributed by atoms with E-state index >= 15 is 0 Å². The van der Waals surface area contributed by atoms with Crippen LogP contribution >= 0.6 is 0 Å². The van der Waals surface area contributed by atoms with Gasteiger partial charge in [-0.3, -0.25) is 4.90 Å². The van der Waals surface area contributed by atoms with Crippen LogP contribution < -0.4 is 14.8 Å². The first-order chi connectivity index (χ1) is 16.3. The van der Waals surface area contributed by atoms with Crippen LogP contribution in [0, 0.1) is 0 Å². The maximum atomic E-state index is 6.04. The third-order valence-electron chi connectivity index (χ3n) is 7.07. The zero-order chi connectivity index (χ0) is 22.7. The molecular formula is C28H33N3O2. The maximum Gasteiger partial charge on any atom is 0.257 e. The second-order valence-electron chi connectivity index (χ2n) is 8.92. The zero-order valence-corrected chi connectivity index (χ0v) is 19.6. The fourth-order valence-corrected chi connectivity index (χ4v) is 5.21. The second-order valence-corrected chi connectivity index (χ2v) is 8.92. The summed E-state index contributed by atoms with van der Waals surface area (Å²) >= 11 is 0. The van der Waals surface area contributed by atoms with Gasteiger partial charge in [0.25, 0.3) is 5.88 Å². The molecule has 0 amide bonds. The summed E-state index contributed by atoms with van der Waals surface area (Å²) in [5.74, 6) is 1.30. The number of pyridine rings is 1. The smallest absolute Gasteiger partial charge is 0.257 e. The zero-order valence-electron chi connectivity index (χ0n) is 19.6. The topological polar surface area (TPSA) is 46.6 Å². The molecule has 6 rings (SSSR count). The number of rotatable bonds is 3. The number of nitrogens with zero attached hydrogens (tertiary/aromatic N) is 2. The summed E-state index contributed by atoms with van der Waals surface area (Å²) in [5, 5.41) is 3.62. The highest BCUT2D eigenvalue weighted by Gasteiger charge is 2.41. The van der Waals surface area contributed by atoms with Crippen molar-refractivity contribution >= 4 is 5.69 Å². The van der Waals surface area contributed by atoms with Crippen LogP contribution in [-0.2, 0) is 12.0 Å². The molecule has 1 atom stereocenters. The number of benzene rings is 2. The Kier molecular flexibility index (Phi) is 6.23. The highest BCUT2D eigenvalue weighted by Crippen LogP contribution is 2.44. The normalized spacial score (nSPS) is 20.4. The van der Waals surface area contributed by atoms with E-state index in [9.17, 15) is 0 Å². The Morgan fingerprint density at radius 3 is 2.61 bits per heavy atom. The van der Waals surface area contributed by atoms with E-state index in [1.54, 1.807) is 6.20 Å². The lowest BCUT2D eigenvalue weighted by Gasteiger charge is -2.39. The SMILES string of the molecule is CC.c1ccc2c(c1)NCC21CCN(Cc2ccc(C3COc4cccnc4O3)cc2)CC1. The lowest BCUT2D eigenvalue weighted by molar-refractivity contribution is 0.0850. The van der Waals surface area contributed by atoms with E-state index in [2.05, 4.69) is 63.7 Å². The predicted molar refractivity (Wildman–Crippen MR) is 132 cm³/mol. The molecule has 3 aromatic rings. The maximum absolute atomic E-state index is 6.04. The number of hydrogen-bond donors (Lipinski definition) is 1. The van der Waals surface area contributed by atoms with E-state index in [1.807, 2.05) is 26.0 Å². The highest BCUT2D eigenvalue weighted by molar-refractivity contribution is 5.60. The van der Waals surface area contributed by atoms with E-state index in [0.29, 0.717) is 17.9 Å². The first-order valence-corrected chi connectivity index (χ1v) is 12.2. The third-order valence-corrected chi connectivity index (χ3v) is 7.07. The summed E-state index contributed by atoms with van der Waals surface area (Å²) < 4.78 is 11.8. The Labute approximate surface area is 196 Å². The first-order valence-electron chi connectivity index (χ1n) is 12.2. The molecule has 3 aliphatic heterocycles. The van der Waals surface area contributed by atoms with Crippen LogP contribution in [0.5, 0.6) is 11.6 Å². The molecule has 2 aromatic carbocycles. The van der Waals surface area contributed by atoms with Gasteiger partial charge >= 0.3 is 0 Å². The first kappa shape index (κ1) is 21.8. The molecule has 0 saturated carbocycles. The highest BCUT2D eigenvalue weighted by atomic mass is 16.6. The fraction of sp³-hybridized carbons (Fsp3) is 0.393. The molecule has 33 heavy (non-hydrogen) atoms. The minimum atomic E-state index is -0.110. The number of aromatic nitrogens is 1. The van der Waals surface area contributed by atoms with Crippen molar-refractivity contribution in [3.63, 3.8) is 0 Å². The molecule has 172 valence electrons. The van der Waals surface area contributed by atoms with Gasteiger partial charge in [0.15, 0.2) is 11.9 Å². The molecule has 3 aliphatic rings. The lowest BCUT2D eigenvalue weighted by atomic mass is 9.74. The van der Waals surface area contributed by atoms with Crippen LogP contribution in [0.4, 0.5) is 5.69 Å². The van der Waals surface area contributed by atoms with Gasteiger partial charge in [-0.1, -0.05) is 56.3 Å². The standard InChI is InChI=1S/C26H27N3O2.C2H6/c1-2-5-22-21(4-1)26(18-28-22)11-14-29(15-12-26)16-19-7-9-20(10-8-19)24-17-30-23-6-3-13-27-25(23)31-24;1-2/h1-10,13,24,28H,11-12,14-18H2;1-2H3. The van der Waals surface area contributed by atoms with E-state index in [-0.39, 0.29) is 6.10 Å². The predicted octanol–water partition coefficient (Wildman–Crippen LogP) is 5.58. The largest absolute Gasteiger partial charge is 0.484 e. The molecule has 1 aromatic heterocycles. The van der Waals surface area contributed by atoms with Gasteiger partial charge < -0.3 is 14.8 Å². The molecule has 1 fully saturated rings. The summed E-state index contributed by atoms with van der Waals surface area (Å²) in [7, 11) is 0. The van der Waals surface area contributed by atoms with Crippen LogP contribution in [0.15, 0.2) is 66.9 Å².